The molecule has 0 aliphatic rings. The molecule has 110 valence electrons. The van der Waals surface area contributed by atoms with Crippen LogP contribution in [0, 0.1) is 12.7 Å². The van der Waals surface area contributed by atoms with E-state index in [0.717, 1.165) is 0 Å². The molecule has 2 rings (SSSR count). The van der Waals surface area contributed by atoms with Crippen molar-refractivity contribution in [3.8, 4) is 5.75 Å². The smallest absolute Gasteiger partial charge is 0.255 e. The zero-order valence-electron chi connectivity index (χ0n) is 11.7. The fourth-order valence-corrected chi connectivity index (χ4v) is 1.93. The second kappa shape index (κ2) is 6.85. The molecule has 0 aliphatic heterocycles. The van der Waals surface area contributed by atoms with Crippen LogP contribution in [0.3, 0.4) is 0 Å². The van der Waals surface area contributed by atoms with Crippen LogP contribution in [0.1, 0.15) is 15.9 Å². The number of aryl methyl sites for hydroxylation is 1. The highest BCUT2D eigenvalue weighted by Crippen LogP contribution is 2.24. The number of ether oxygens (including phenoxy) is 1. The topological polar surface area (TPSA) is 64.3 Å². The highest BCUT2D eigenvalue weighted by molar-refractivity contribution is 6.05. The lowest BCUT2D eigenvalue weighted by molar-refractivity contribution is 0.102. The van der Waals surface area contributed by atoms with Crippen molar-refractivity contribution in [1.82, 2.24) is 0 Å². The Kier molecular flexibility index (Phi) is 4.90. The Morgan fingerprint density at radius 2 is 2.05 bits per heavy atom. The van der Waals surface area contributed by atoms with E-state index in [9.17, 15) is 9.18 Å². The van der Waals surface area contributed by atoms with Crippen molar-refractivity contribution >= 4 is 11.6 Å². The first-order valence-corrected chi connectivity index (χ1v) is 6.60. The SMILES string of the molecule is Cc1cc(F)cc(C(=O)Nc2ccccc2OCCN)c1. The van der Waals surface area contributed by atoms with E-state index in [2.05, 4.69) is 5.32 Å². The minimum atomic E-state index is -0.437. The van der Waals surface area contributed by atoms with Gasteiger partial charge in [-0.1, -0.05) is 12.1 Å². The molecule has 1 amide bonds. The van der Waals surface area contributed by atoms with Crippen molar-refractivity contribution in [3.05, 3.63) is 59.4 Å². The summed E-state index contributed by atoms with van der Waals surface area (Å²) in [5.74, 6) is -0.293. The second-order valence-electron chi connectivity index (χ2n) is 4.60. The van der Waals surface area contributed by atoms with Gasteiger partial charge in [0.05, 0.1) is 5.69 Å². The molecule has 0 fully saturated rings. The van der Waals surface area contributed by atoms with E-state index >= 15 is 0 Å². The maximum Gasteiger partial charge on any atom is 0.255 e. The van der Waals surface area contributed by atoms with Crippen LogP contribution in [0.4, 0.5) is 10.1 Å². The molecule has 0 aliphatic carbocycles. The number of nitrogens with one attached hydrogen (secondary N) is 1. The molecule has 0 atom stereocenters. The molecule has 0 saturated heterocycles. The van der Waals surface area contributed by atoms with Gasteiger partial charge in [-0.25, -0.2) is 4.39 Å². The average molecular weight is 288 g/mol. The van der Waals surface area contributed by atoms with Gasteiger partial charge >= 0.3 is 0 Å². The number of para-hydroxylation sites is 2. The minimum Gasteiger partial charge on any atom is -0.490 e. The van der Waals surface area contributed by atoms with Gasteiger partial charge in [-0.05, 0) is 42.8 Å². The standard InChI is InChI=1S/C16H17FN2O2/c1-11-8-12(10-13(17)9-11)16(20)19-14-4-2-3-5-15(14)21-7-6-18/h2-5,8-10H,6-7,18H2,1H3,(H,19,20). The largest absolute Gasteiger partial charge is 0.490 e. The van der Waals surface area contributed by atoms with E-state index in [1.54, 1.807) is 37.3 Å². The summed E-state index contributed by atoms with van der Waals surface area (Å²) in [6.45, 7) is 2.47. The average Bonchev–Trinajstić information content (AvgIpc) is 2.45. The van der Waals surface area contributed by atoms with Crippen molar-refractivity contribution in [2.45, 2.75) is 6.92 Å². The number of carbonyl (C=O) groups excluding carboxylic acids is 1. The molecular weight excluding hydrogens is 271 g/mol. The first-order chi connectivity index (χ1) is 10.1. The van der Waals surface area contributed by atoms with Crippen LogP contribution in [-0.2, 0) is 0 Å². The Morgan fingerprint density at radius 1 is 1.29 bits per heavy atom. The number of hydrogen-bond donors (Lipinski definition) is 2. The van der Waals surface area contributed by atoms with Gasteiger partial charge in [-0.15, -0.1) is 0 Å². The third-order valence-corrected chi connectivity index (χ3v) is 2.81. The van der Waals surface area contributed by atoms with Gasteiger partial charge in [0.2, 0.25) is 0 Å². The number of amides is 1. The van der Waals surface area contributed by atoms with Crippen LogP contribution in [0.25, 0.3) is 0 Å². The van der Waals surface area contributed by atoms with Gasteiger partial charge in [-0.3, -0.25) is 4.79 Å². The number of rotatable bonds is 5. The molecule has 0 heterocycles. The van der Waals surface area contributed by atoms with Crippen molar-refractivity contribution in [2.75, 3.05) is 18.5 Å². The lowest BCUT2D eigenvalue weighted by atomic mass is 10.1. The maximum atomic E-state index is 13.4. The van der Waals surface area contributed by atoms with Crippen LogP contribution in [-0.4, -0.2) is 19.1 Å². The Balaban J connectivity index is 2.19. The molecule has 0 unspecified atom stereocenters. The summed E-state index contributed by atoms with van der Waals surface area (Å²) in [6.07, 6.45) is 0. The molecule has 5 heteroatoms. The van der Waals surface area contributed by atoms with Crippen molar-refractivity contribution in [2.24, 2.45) is 5.73 Å². The third kappa shape index (κ3) is 4.03. The normalized spacial score (nSPS) is 10.2. The van der Waals surface area contributed by atoms with Crippen LogP contribution in [0.5, 0.6) is 5.75 Å². The summed E-state index contributed by atoms with van der Waals surface area (Å²) in [7, 11) is 0. The Hall–Kier alpha value is -2.40. The predicted octanol–water partition coefficient (Wildman–Crippen LogP) is 2.72. The molecule has 0 bridgehead atoms. The molecule has 0 spiro atoms. The summed E-state index contributed by atoms with van der Waals surface area (Å²) >= 11 is 0. The van der Waals surface area contributed by atoms with Gasteiger partial charge in [0, 0.05) is 12.1 Å². The van der Waals surface area contributed by atoms with Crippen LogP contribution < -0.4 is 15.8 Å². The van der Waals surface area contributed by atoms with Gasteiger partial charge in [-0.2, -0.15) is 0 Å². The van der Waals surface area contributed by atoms with Gasteiger partial charge in [0.1, 0.15) is 18.2 Å². The summed E-state index contributed by atoms with van der Waals surface area (Å²) in [5.41, 5.74) is 6.88. The van der Waals surface area contributed by atoms with Crippen LogP contribution in [0.15, 0.2) is 42.5 Å². The summed E-state index contributed by atoms with van der Waals surface area (Å²) in [4.78, 5) is 12.2. The van der Waals surface area contributed by atoms with E-state index in [0.29, 0.717) is 30.2 Å². The van der Waals surface area contributed by atoms with E-state index in [1.807, 2.05) is 0 Å². The maximum absolute atomic E-state index is 13.4. The molecule has 2 aromatic rings. The summed E-state index contributed by atoms with van der Waals surface area (Å²) in [6, 6.07) is 11.2. The number of halogens is 1. The Morgan fingerprint density at radius 3 is 2.76 bits per heavy atom. The minimum absolute atomic E-state index is 0.265. The molecule has 3 N–H and O–H groups in total. The first kappa shape index (κ1) is 15.0. The third-order valence-electron chi connectivity index (χ3n) is 2.81. The number of anilines is 1. The summed E-state index contributed by atoms with van der Waals surface area (Å²) < 4.78 is 18.8. The monoisotopic (exact) mass is 288 g/mol. The van der Waals surface area contributed by atoms with Gasteiger partial charge < -0.3 is 15.8 Å². The zero-order chi connectivity index (χ0) is 15.2. The molecule has 2 aromatic carbocycles. The number of nitrogens with two attached hydrogens (primary N) is 1. The Bertz CT molecular complexity index is 624. The number of carbonyl (C=O) groups is 1. The molecule has 21 heavy (non-hydrogen) atoms. The summed E-state index contributed by atoms with van der Waals surface area (Å²) in [5, 5.41) is 2.72. The van der Waals surface area contributed by atoms with Crippen molar-refractivity contribution in [1.29, 1.82) is 0 Å². The van der Waals surface area contributed by atoms with E-state index in [1.165, 1.54) is 12.1 Å². The quantitative estimate of drug-likeness (QED) is 0.889. The second-order valence-corrected chi connectivity index (χ2v) is 4.60. The lowest BCUT2D eigenvalue weighted by Gasteiger charge is -2.12. The molecular formula is C16H17FN2O2. The Labute approximate surface area is 122 Å². The first-order valence-electron chi connectivity index (χ1n) is 6.60. The van der Waals surface area contributed by atoms with E-state index < -0.39 is 5.82 Å². The van der Waals surface area contributed by atoms with Gasteiger partial charge in [0.15, 0.2) is 0 Å². The highest BCUT2D eigenvalue weighted by atomic mass is 19.1. The van der Waals surface area contributed by atoms with Crippen LogP contribution in [0.2, 0.25) is 0 Å². The molecule has 0 aromatic heterocycles. The molecule has 4 nitrogen and oxygen atoms in total. The number of hydrogen-bond acceptors (Lipinski definition) is 3. The highest BCUT2D eigenvalue weighted by Gasteiger charge is 2.11. The van der Waals surface area contributed by atoms with Crippen molar-refractivity contribution < 1.29 is 13.9 Å². The fraction of sp³-hybridized carbons (Fsp3) is 0.188. The van der Waals surface area contributed by atoms with Crippen LogP contribution >= 0.6 is 0 Å². The van der Waals surface area contributed by atoms with E-state index in [4.69, 9.17) is 10.5 Å². The van der Waals surface area contributed by atoms with Crippen molar-refractivity contribution in [3.63, 3.8) is 0 Å². The molecule has 0 saturated carbocycles. The van der Waals surface area contributed by atoms with E-state index in [-0.39, 0.29) is 11.5 Å². The van der Waals surface area contributed by atoms with Gasteiger partial charge in [0.25, 0.3) is 5.91 Å². The lowest BCUT2D eigenvalue weighted by Crippen LogP contribution is -2.15. The zero-order valence-corrected chi connectivity index (χ0v) is 11.7. The fourth-order valence-electron chi connectivity index (χ4n) is 1.93. The predicted molar refractivity (Wildman–Crippen MR) is 80.1 cm³/mol. The molecule has 0 radical (unpaired) electrons. The number of benzene rings is 2.